The zero-order valence-electron chi connectivity index (χ0n) is 14.3. The molecule has 6 heteroatoms. The number of aryl methyl sites for hydroxylation is 1. The zero-order chi connectivity index (χ0) is 18.4. The van der Waals surface area contributed by atoms with E-state index in [1.54, 1.807) is 18.2 Å². The van der Waals surface area contributed by atoms with Gasteiger partial charge in [-0.2, -0.15) is 0 Å². The lowest BCUT2D eigenvalue weighted by molar-refractivity contribution is 0.577. The Morgan fingerprint density at radius 1 is 0.808 bits per heavy atom. The highest BCUT2D eigenvalue weighted by atomic mass is 32.2. The number of hydrogen-bond donors (Lipinski definition) is 2. The van der Waals surface area contributed by atoms with E-state index in [1.807, 2.05) is 61.5 Å². The van der Waals surface area contributed by atoms with Crippen LogP contribution in [0, 0.1) is 6.92 Å². The van der Waals surface area contributed by atoms with Gasteiger partial charge in [0.05, 0.1) is 10.6 Å². The lowest BCUT2D eigenvalue weighted by Gasteiger charge is -2.12. The quantitative estimate of drug-likeness (QED) is 0.413. The summed E-state index contributed by atoms with van der Waals surface area (Å²) in [5.74, 6) is 0.411. The number of rotatable bonds is 5. The second-order valence-corrected chi connectivity index (χ2v) is 7.39. The highest BCUT2D eigenvalue weighted by molar-refractivity contribution is 7.89. The normalized spacial score (nSPS) is 12.0. The molecule has 0 amide bonds. The van der Waals surface area contributed by atoms with Crippen LogP contribution in [0.1, 0.15) is 11.1 Å². The van der Waals surface area contributed by atoms with Crippen molar-refractivity contribution >= 4 is 21.5 Å². The third-order valence-electron chi connectivity index (χ3n) is 3.68. The summed E-state index contributed by atoms with van der Waals surface area (Å²) in [6, 6.07) is 25.2. The van der Waals surface area contributed by atoms with Gasteiger partial charge in [-0.05, 0) is 31.2 Å². The molecule has 0 bridgehead atoms. The van der Waals surface area contributed by atoms with Crippen LogP contribution in [0.5, 0.6) is 0 Å². The first kappa shape index (κ1) is 17.8. The number of hydrazine groups is 1. The van der Waals surface area contributed by atoms with Crippen molar-refractivity contribution in [3.8, 4) is 0 Å². The summed E-state index contributed by atoms with van der Waals surface area (Å²) in [7, 11) is -3.70. The SMILES string of the molecule is Cc1ccc(N=C(NNS(=O)(=O)c2ccccc2)c2ccccc2)cc1. The summed E-state index contributed by atoms with van der Waals surface area (Å²) in [5, 5.41) is 0. The van der Waals surface area contributed by atoms with Crippen LogP contribution in [0.25, 0.3) is 0 Å². The monoisotopic (exact) mass is 365 g/mol. The minimum absolute atomic E-state index is 0.176. The molecule has 132 valence electrons. The molecule has 0 radical (unpaired) electrons. The van der Waals surface area contributed by atoms with Gasteiger partial charge in [0.25, 0.3) is 10.0 Å². The van der Waals surface area contributed by atoms with Gasteiger partial charge in [-0.1, -0.05) is 66.2 Å². The van der Waals surface area contributed by atoms with Gasteiger partial charge in [0.15, 0.2) is 0 Å². The average Bonchev–Trinajstić information content (AvgIpc) is 2.68. The average molecular weight is 365 g/mol. The molecule has 0 aliphatic carbocycles. The Kier molecular flexibility index (Phi) is 5.46. The van der Waals surface area contributed by atoms with E-state index < -0.39 is 10.0 Å². The molecule has 0 saturated heterocycles. The molecule has 0 heterocycles. The summed E-state index contributed by atoms with van der Waals surface area (Å²) >= 11 is 0. The van der Waals surface area contributed by atoms with Gasteiger partial charge >= 0.3 is 0 Å². The molecule has 26 heavy (non-hydrogen) atoms. The van der Waals surface area contributed by atoms with Gasteiger partial charge in [-0.3, -0.25) is 5.43 Å². The number of aliphatic imine (C=N–C) groups is 1. The van der Waals surface area contributed by atoms with Gasteiger partial charge in [0.2, 0.25) is 0 Å². The van der Waals surface area contributed by atoms with E-state index in [0.717, 1.165) is 16.8 Å². The first-order valence-electron chi connectivity index (χ1n) is 8.08. The maximum absolute atomic E-state index is 12.4. The molecule has 0 spiro atoms. The number of nitrogens with one attached hydrogen (secondary N) is 2. The first-order valence-corrected chi connectivity index (χ1v) is 9.56. The Bertz CT molecular complexity index is 984. The molecule has 0 fully saturated rings. The number of sulfonamides is 1. The molecule has 3 aromatic carbocycles. The number of benzene rings is 3. The summed E-state index contributed by atoms with van der Waals surface area (Å²) in [6.07, 6.45) is 0. The van der Waals surface area contributed by atoms with Crippen LogP contribution in [0.2, 0.25) is 0 Å². The molecule has 3 rings (SSSR count). The third-order valence-corrected chi connectivity index (χ3v) is 4.94. The Balaban J connectivity index is 1.88. The Hall–Kier alpha value is -2.96. The van der Waals surface area contributed by atoms with E-state index in [9.17, 15) is 8.42 Å². The molecular weight excluding hydrogens is 346 g/mol. The molecule has 5 nitrogen and oxygen atoms in total. The van der Waals surface area contributed by atoms with Crippen LogP contribution in [-0.4, -0.2) is 14.3 Å². The predicted molar refractivity (Wildman–Crippen MR) is 104 cm³/mol. The van der Waals surface area contributed by atoms with Crippen molar-refractivity contribution in [2.75, 3.05) is 0 Å². The molecule has 2 N–H and O–H groups in total. The van der Waals surface area contributed by atoms with E-state index in [0.29, 0.717) is 5.84 Å². The van der Waals surface area contributed by atoms with E-state index in [-0.39, 0.29) is 4.90 Å². The van der Waals surface area contributed by atoms with Gasteiger partial charge in [0.1, 0.15) is 5.84 Å². The fourth-order valence-corrected chi connectivity index (χ4v) is 3.15. The predicted octanol–water partition coefficient (Wildman–Crippen LogP) is 3.56. The lowest BCUT2D eigenvalue weighted by atomic mass is 10.2. The van der Waals surface area contributed by atoms with Gasteiger partial charge in [0, 0.05) is 5.56 Å². The summed E-state index contributed by atoms with van der Waals surface area (Å²) < 4.78 is 24.9. The lowest BCUT2D eigenvalue weighted by Crippen LogP contribution is -2.41. The fourth-order valence-electron chi connectivity index (χ4n) is 2.28. The van der Waals surface area contributed by atoms with E-state index in [2.05, 4.69) is 15.2 Å². The Labute approximate surface area is 153 Å². The van der Waals surface area contributed by atoms with Gasteiger partial charge < -0.3 is 0 Å². The minimum atomic E-state index is -3.70. The van der Waals surface area contributed by atoms with Crippen LogP contribution < -0.4 is 10.3 Å². The van der Waals surface area contributed by atoms with Crippen LogP contribution in [0.3, 0.4) is 0 Å². The third kappa shape index (κ3) is 4.56. The molecule has 0 unspecified atom stereocenters. The van der Waals surface area contributed by atoms with Crippen molar-refractivity contribution in [2.24, 2.45) is 4.99 Å². The van der Waals surface area contributed by atoms with Crippen molar-refractivity contribution in [3.63, 3.8) is 0 Å². The van der Waals surface area contributed by atoms with Crippen molar-refractivity contribution in [1.82, 2.24) is 10.3 Å². The smallest absolute Gasteiger partial charge is 0.257 e. The van der Waals surface area contributed by atoms with Crippen LogP contribution >= 0.6 is 0 Å². The highest BCUT2D eigenvalue weighted by Crippen LogP contribution is 2.14. The van der Waals surface area contributed by atoms with Crippen LogP contribution in [-0.2, 0) is 10.0 Å². The van der Waals surface area contributed by atoms with Crippen LogP contribution in [0.15, 0.2) is 94.8 Å². The van der Waals surface area contributed by atoms with Crippen molar-refractivity contribution in [2.45, 2.75) is 11.8 Å². The maximum Gasteiger partial charge on any atom is 0.257 e. The maximum atomic E-state index is 12.4. The molecule has 0 aliphatic rings. The van der Waals surface area contributed by atoms with Crippen molar-refractivity contribution < 1.29 is 8.42 Å². The molecule has 3 aromatic rings. The molecule has 0 saturated carbocycles. The zero-order valence-corrected chi connectivity index (χ0v) is 15.1. The summed E-state index contributed by atoms with van der Waals surface area (Å²) in [5.41, 5.74) is 5.37. The minimum Gasteiger partial charge on any atom is -0.291 e. The molecule has 0 atom stereocenters. The van der Waals surface area contributed by atoms with Crippen molar-refractivity contribution in [1.29, 1.82) is 0 Å². The van der Waals surface area contributed by atoms with E-state index >= 15 is 0 Å². The molecule has 0 aromatic heterocycles. The number of hydrogen-bond acceptors (Lipinski definition) is 3. The highest BCUT2D eigenvalue weighted by Gasteiger charge is 2.14. The number of nitrogens with zero attached hydrogens (tertiary/aromatic N) is 1. The van der Waals surface area contributed by atoms with Crippen LogP contribution in [0.4, 0.5) is 5.69 Å². The molecular formula is C20H19N3O2S. The van der Waals surface area contributed by atoms with Gasteiger partial charge in [-0.15, -0.1) is 4.83 Å². The van der Waals surface area contributed by atoms with E-state index in [4.69, 9.17) is 0 Å². The second kappa shape index (κ2) is 7.95. The second-order valence-electron chi connectivity index (χ2n) is 5.71. The topological polar surface area (TPSA) is 70.6 Å². The Morgan fingerprint density at radius 3 is 2.00 bits per heavy atom. The summed E-state index contributed by atoms with van der Waals surface area (Å²) in [6.45, 7) is 2.00. The standard InChI is InChI=1S/C20H19N3O2S/c1-16-12-14-18(15-13-16)21-20(17-8-4-2-5-9-17)22-23-26(24,25)19-10-6-3-7-11-19/h2-15,23H,1H3,(H,21,22). The van der Waals surface area contributed by atoms with Gasteiger partial charge in [-0.25, -0.2) is 13.4 Å². The largest absolute Gasteiger partial charge is 0.291 e. The summed E-state index contributed by atoms with van der Waals surface area (Å²) in [4.78, 5) is 7.12. The first-order chi connectivity index (χ1) is 12.5. The Morgan fingerprint density at radius 2 is 1.38 bits per heavy atom. The van der Waals surface area contributed by atoms with E-state index in [1.165, 1.54) is 12.1 Å². The van der Waals surface area contributed by atoms with Crippen molar-refractivity contribution in [3.05, 3.63) is 96.1 Å². The molecule has 0 aliphatic heterocycles. The number of amidine groups is 1. The fraction of sp³-hybridized carbons (Fsp3) is 0.0500.